The Morgan fingerprint density at radius 2 is 2.00 bits per heavy atom. The Morgan fingerprint density at radius 3 is 2.44 bits per heavy atom. The lowest BCUT2D eigenvalue weighted by atomic mass is 9.97. The summed E-state index contributed by atoms with van der Waals surface area (Å²) < 4.78 is 50.4. The maximum Gasteiger partial charge on any atom is 0.396 e. The van der Waals surface area contributed by atoms with Gasteiger partial charge in [-0.05, 0) is 17.7 Å². The van der Waals surface area contributed by atoms with Crippen molar-refractivity contribution in [2.24, 2.45) is 5.73 Å². The van der Waals surface area contributed by atoms with Crippen molar-refractivity contribution in [3.05, 3.63) is 35.1 Å². The highest BCUT2D eigenvalue weighted by Gasteiger charge is 2.39. The second-order valence-corrected chi connectivity index (χ2v) is 3.18. The minimum Gasteiger partial charge on any atom is -0.330 e. The molecule has 0 amide bonds. The first-order chi connectivity index (χ1) is 7.40. The molecule has 0 aliphatic rings. The van der Waals surface area contributed by atoms with Crippen LogP contribution in [0.3, 0.4) is 0 Å². The molecule has 6 heteroatoms. The summed E-state index contributed by atoms with van der Waals surface area (Å²) in [5, 5.41) is 8.50. The summed E-state index contributed by atoms with van der Waals surface area (Å²) in [4.78, 5) is 0. The summed E-state index contributed by atoms with van der Waals surface area (Å²) >= 11 is 0. The Labute approximate surface area is 89.3 Å². The highest BCUT2D eigenvalue weighted by Crippen LogP contribution is 2.34. The number of benzene rings is 1. The maximum atomic E-state index is 12.9. The van der Waals surface area contributed by atoms with E-state index in [1.165, 1.54) is 6.07 Å². The average molecular weight is 232 g/mol. The second-order valence-electron chi connectivity index (χ2n) is 3.18. The molecule has 0 aliphatic heterocycles. The van der Waals surface area contributed by atoms with Gasteiger partial charge < -0.3 is 5.73 Å². The minimum atomic E-state index is -4.50. The fourth-order valence-electron chi connectivity index (χ4n) is 1.30. The minimum absolute atomic E-state index is 0.201. The van der Waals surface area contributed by atoms with Crippen LogP contribution in [-0.4, -0.2) is 12.7 Å². The van der Waals surface area contributed by atoms with Crippen LogP contribution >= 0.6 is 0 Å². The average Bonchev–Trinajstić information content (AvgIpc) is 2.19. The Hall–Kier alpha value is -1.61. The molecular weight excluding hydrogens is 224 g/mol. The molecule has 1 rings (SSSR count). The molecule has 1 aromatic carbocycles. The van der Waals surface area contributed by atoms with E-state index in [9.17, 15) is 17.6 Å². The van der Waals surface area contributed by atoms with Crippen molar-refractivity contribution in [1.82, 2.24) is 0 Å². The van der Waals surface area contributed by atoms with E-state index < -0.39 is 30.0 Å². The van der Waals surface area contributed by atoms with E-state index >= 15 is 0 Å². The molecule has 2 nitrogen and oxygen atoms in total. The van der Waals surface area contributed by atoms with Gasteiger partial charge in [0.15, 0.2) is 0 Å². The molecule has 0 aliphatic carbocycles. The molecule has 1 atom stereocenters. The van der Waals surface area contributed by atoms with Crippen LogP contribution in [0.1, 0.15) is 17.0 Å². The van der Waals surface area contributed by atoms with Gasteiger partial charge in [-0.2, -0.15) is 18.4 Å². The number of nitrogens with two attached hydrogens (primary N) is 1. The summed E-state index contributed by atoms with van der Waals surface area (Å²) in [6, 6.07) is 4.18. The quantitative estimate of drug-likeness (QED) is 0.795. The monoisotopic (exact) mass is 232 g/mol. The predicted molar refractivity (Wildman–Crippen MR) is 49.0 cm³/mol. The third kappa shape index (κ3) is 2.49. The highest BCUT2D eigenvalue weighted by molar-refractivity contribution is 5.36. The van der Waals surface area contributed by atoms with E-state index in [0.717, 1.165) is 18.2 Å². The van der Waals surface area contributed by atoms with Gasteiger partial charge >= 0.3 is 6.18 Å². The molecule has 0 fully saturated rings. The van der Waals surface area contributed by atoms with Crippen molar-refractivity contribution < 1.29 is 17.6 Å². The summed E-state index contributed by atoms with van der Waals surface area (Å²) in [7, 11) is 0. The van der Waals surface area contributed by atoms with Crippen LogP contribution in [0.15, 0.2) is 18.2 Å². The lowest BCUT2D eigenvalue weighted by molar-refractivity contribution is -0.148. The van der Waals surface area contributed by atoms with Gasteiger partial charge in [0.25, 0.3) is 0 Å². The van der Waals surface area contributed by atoms with Gasteiger partial charge in [0, 0.05) is 6.54 Å². The SMILES string of the molecule is N#Cc1cc(C(CN)C(F)(F)F)ccc1F. The molecule has 0 bridgehead atoms. The molecule has 0 saturated carbocycles. The van der Waals surface area contributed by atoms with Crippen LogP contribution < -0.4 is 5.73 Å². The molecular formula is C10H8F4N2. The van der Waals surface area contributed by atoms with E-state index in [1.54, 1.807) is 0 Å². The van der Waals surface area contributed by atoms with E-state index in [-0.39, 0.29) is 5.56 Å². The van der Waals surface area contributed by atoms with Crippen LogP contribution in [-0.2, 0) is 0 Å². The van der Waals surface area contributed by atoms with Gasteiger partial charge in [0.05, 0.1) is 11.5 Å². The molecule has 0 aromatic heterocycles. The normalized spacial score (nSPS) is 13.2. The largest absolute Gasteiger partial charge is 0.396 e. The summed E-state index contributed by atoms with van der Waals surface area (Å²) in [6.45, 7) is -0.639. The smallest absolute Gasteiger partial charge is 0.330 e. The van der Waals surface area contributed by atoms with Gasteiger partial charge in [-0.3, -0.25) is 0 Å². The first kappa shape index (κ1) is 12.5. The number of halogens is 4. The Morgan fingerprint density at radius 1 is 1.38 bits per heavy atom. The predicted octanol–water partition coefficient (Wildman–Crippen LogP) is 2.30. The summed E-state index contributed by atoms with van der Waals surface area (Å²) in [5.74, 6) is -2.72. The van der Waals surface area contributed by atoms with Gasteiger partial charge in [-0.1, -0.05) is 6.07 Å². The zero-order chi connectivity index (χ0) is 12.3. The van der Waals surface area contributed by atoms with Crippen molar-refractivity contribution in [2.75, 3.05) is 6.54 Å². The Kier molecular flexibility index (Phi) is 3.50. The van der Waals surface area contributed by atoms with Crippen LogP contribution in [0.4, 0.5) is 17.6 Å². The third-order valence-corrected chi connectivity index (χ3v) is 2.14. The standard InChI is InChI=1S/C10H8F4N2/c11-9-2-1-6(3-7(9)4-15)8(5-16)10(12,13)14/h1-3,8H,5,16H2. The number of rotatable bonds is 2. The van der Waals surface area contributed by atoms with Crippen molar-refractivity contribution in [2.45, 2.75) is 12.1 Å². The van der Waals surface area contributed by atoms with Crippen molar-refractivity contribution >= 4 is 0 Å². The lowest BCUT2D eigenvalue weighted by Gasteiger charge is -2.18. The van der Waals surface area contributed by atoms with Crippen molar-refractivity contribution in [3.8, 4) is 6.07 Å². The Balaban J connectivity index is 3.18. The number of nitrogens with zero attached hydrogens (tertiary/aromatic N) is 1. The number of hydrogen-bond acceptors (Lipinski definition) is 2. The number of alkyl halides is 3. The molecule has 0 radical (unpaired) electrons. The molecule has 1 aromatic rings. The summed E-state index contributed by atoms with van der Waals surface area (Å²) in [5.41, 5.74) is 4.41. The zero-order valence-corrected chi connectivity index (χ0v) is 8.05. The van der Waals surface area contributed by atoms with Crippen LogP contribution in [0, 0.1) is 17.1 Å². The highest BCUT2D eigenvalue weighted by atomic mass is 19.4. The van der Waals surface area contributed by atoms with Crippen LogP contribution in [0.2, 0.25) is 0 Å². The molecule has 1 unspecified atom stereocenters. The van der Waals surface area contributed by atoms with Gasteiger partial charge in [-0.15, -0.1) is 0 Å². The topological polar surface area (TPSA) is 49.8 Å². The van der Waals surface area contributed by atoms with Gasteiger partial charge in [0.1, 0.15) is 11.9 Å². The summed E-state index contributed by atoms with van der Waals surface area (Å²) in [6.07, 6.45) is -4.50. The Bertz CT molecular complexity index is 420. The van der Waals surface area contributed by atoms with Gasteiger partial charge in [-0.25, -0.2) is 4.39 Å². The lowest BCUT2D eigenvalue weighted by Crippen LogP contribution is -2.28. The number of nitriles is 1. The van der Waals surface area contributed by atoms with E-state index in [2.05, 4.69) is 0 Å². The third-order valence-electron chi connectivity index (χ3n) is 2.14. The van der Waals surface area contributed by atoms with E-state index in [0.29, 0.717) is 0 Å². The fraction of sp³-hybridized carbons (Fsp3) is 0.300. The molecule has 86 valence electrons. The molecule has 0 heterocycles. The molecule has 2 N–H and O–H groups in total. The number of hydrogen-bond donors (Lipinski definition) is 1. The second kappa shape index (κ2) is 4.49. The fourth-order valence-corrected chi connectivity index (χ4v) is 1.30. The van der Waals surface area contributed by atoms with Crippen LogP contribution in [0.25, 0.3) is 0 Å². The molecule has 0 saturated heterocycles. The van der Waals surface area contributed by atoms with E-state index in [1.807, 2.05) is 0 Å². The first-order valence-corrected chi connectivity index (χ1v) is 4.36. The molecule has 16 heavy (non-hydrogen) atoms. The maximum absolute atomic E-state index is 12.9. The zero-order valence-electron chi connectivity index (χ0n) is 8.05. The molecule has 0 spiro atoms. The van der Waals surface area contributed by atoms with Crippen molar-refractivity contribution in [3.63, 3.8) is 0 Å². The first-order valence-electron chi connectivity index (χ1n) is 4.36. The van der Waals surface area contributed by atoms with Crippen LogP contribution in [0.5, 0.6) is 0 Å². The van der Waals surface area contributed by atoms with Gasteiger partial charge in [0.2, 0.25) is 0 Å². The van der Waals surface area contributed by atoms with Crippen molar-refractivity contribution in [1.29, 1.82) is 5.26 Å². The van der Waals surface area contributed by atoms with E-state index in [4.69, 9.17) is 11.0 Å².